The first-order valence-electron chi connectivity index (χ1n) is 4.43. The van der Waals surface area contributed by atoms with Crippen molar-refractivity contribution in [2.24, 2.45) is 0 Å². The second-order valence-corrected chi connectivity index (χ2v) is 3.68. The lowest BCUT2D eigenvalue weighted by Gasteiger charge is -1.99. The maximum absolute atomic E-state index is 10.6. The van der Waals surface area contributed by atoms with Gasteiger partial charge >= 0.3 is 5.03 Å². The molecule has 0 radical (unpaired) electrons. The Labute approximate surface area is 92.1 Å². The Kier molecular flexibility index (Phi) is 4.70. The van der Waals surface area contributed by atoms with Gasteiger partial charge in [-0.1, -0.05) is 18.2 Å². The molecule has 0 aromatic heterocycles. The first kappa shape index (κ1) is 11.6. The summed E-state index contributed by atoms with van der Waals surface area (Å²) < 4.78 is 4.90. The van der Waals surface area contributed by atoms with Crippen LogP contribution in [0.5, 0.6) is 0 Å². The minimum atomic E-state index is -0.451. The summed E-state index contributed by atoms with van der Waals surface area (Å²) in [6.45, 7) is 2.20. The Hall–Kier alpha value is -1.49. The van der Waals surface area contributed by atoms with Crippen molar-refractivity contribution in [3.8, 4) is 0 Å². The highest BCUT2D eigenvalue weighted by Crippen LogP contribution is 2.26. The van der Waals surface area contributed by atoms with E-state index in [4.69, 9.17) is 4.74 Å². The lowest BCUT2D eigenvalue weighted by molar-refractivity contribution is -0.412. The van der Waals surface area contributed by atoms with E-state index in [-0.39, 0.29) is 5.03 Å². The molecule has 1 aromatic rings. The van der Waals surface area contributed by atoms with Crippen LogP contribution in [0.1, 0.15) is 6.92 Å². The molecule has 0 bridgehead atoms. The first-order valence-corrected chi connectivity index (χ1v) is 5.24. The predicted molar refractivity (Wildman–Crippen MR) is 59.0 cm³/mol. The maximum Gasteiger partial charge on any atom is 0.342 e. The number of nitro groups is 1. The van der Waals surface area contributed by atoms with Gasteiger partial charge in [-0.3, -0.25) is 10.1 Å². The standard InChI is InChI=1S/C10H11NO3S/c1-2-14-8-10(11(12)13)15-9-6-4-3-5-7-9/h3-8H,2H2,1H3/b10-8-. The summed E-state index contributed by atoms with van der Waals surface area (Å²) in [7, 11) is 0. The SMILES string of the molecule is CCO/C=C(\Sc1ccccc1)[N+](=O)[O-]. The van der Waals surface area contributed by atoms with E-state index in [1.807, 2.05) is 30.3 Å². The fourth-order valence-electron chi connectivity index (χ4n) is 0.868. The molecule has 0 heterocycles. The number of benzene rings is 1. The summed E-state index contributed by atoms with van der Waals surface area (Å²) in [6, 6.07) is 9.16. The first-order chi connectivity index (χ1) is 7.24. The average molecular weight is 225 g/mol. The fourth-order valence-corrected chi connectivity index (χ4v) is 1.59. The highest BCUT2D eigenvalue weighted by Gasteiger charge is 2.13. The zero-order valence-electron chi connectivity index (χ0n) is 8.25. The van der Waals surface area contributed by atoms with Crippen LogP contribution in [0.25, 0.3) is 0 Å². The molecule has 0 saturated carbocycles. The normalized spacial score (nSPS) is 11.1. The van der Waals surface area contributed by atoms with Crippen molar-refractivity contribution in [3.05, 3.63) is 51.7 Å². The van der Waals surface area contributed by atoms with Crippen LogP contribution in [0.2, 0.25) is 0 Å². The van der Waals surface area contributed by atoms with Crippen molar-refractivity contribution in [1.29, 1.82) is 0 Å². The Morgan fingerprint density at radius 3 is 2.73 bits per heavy atom. The minimum absolute atomic E-state index is 0.0111. The van der Waals surface area contributed by atoms with Gasteiger partial charge in [-0.2, -0.15) is 0 Å². The summed E-state index contributed by atoms with van der Waals surface area (Å²) in [5.74, 6) is 0. The molecule has 1 aromatic carbocycles. The third-order valence-corrected chi connectivity index (χ3v) is 2.46. The quantitative estimate of drug-likeness (QED) is 0.334. The van der Waals surface area contributed by atoms with E-state index in [1.165, 1.54) is 6.26 Å². The zero-order valence-corrected chi connectivity index (χ0v) is 9.07. The van der Waals surface area contributed by atoms with Gasteiger partial charge in [-0.05, 0) is 30.8 Å². The molecule has 0 spiro atoms. The Balaban J connectivity index is 2.72. The zero-order chi connectivity index (χ0) is 11.1. The number of rotatable bonds is 5. The topological polar surface area (TPSA) is 52.4 Å². The van der Waals surface area contributed by atoms with Crippen molar-refractivity contribution in [2.45, 2.75) is 11.8 Å². The smallest absolute Gasteiger partial charge is 0.342 e. The van der Waals surface area contributed by atoms with E-state index in [9.17, 15) is 10.1 Å². The van der Waals surface area contributed by atoms with Crippen LogP contribution in [0.3, 0.4) is 0 Å². The number of ether oxygens (including phenoxy) is 1. The maximum atomic E-state index is 10.6. The second-order valence-electron chi connectivity index (χ2n) is 2.58. The Morgan fingerprint density at radius 2 is 2.20 bits per heavy atom. The van der Waals surface area contributed by atoms with Crippen molar-refractivity contribution in [2.75, 3.05) is 6.61 Å². The Morgan fingerprint density at radius 1 is 1.53 bits per heavy atom. The Bertz CT molecular complexity index is 351. The summed E-state index contributed by atoms with van der Waals surface area (Å²) in [5, 5.41) is 10.6. The molecule has 0 aliphatic heterocycles. The molecule has 0 aliphatic rings. The molecule has 0 saturated heterocycles. The van der Waals surface area contributed by atoms with Crippen LogP contribution in [-0.4, -0.2) is 11.5 Å². The molecule has 0 aliphatic carbocycles. The summed E-state index contributed by atoms with van der Waals surface area (Å²) in [4.78, 5) is 11.0. The van der Waals surface area contributed by atoms with Crippen molar-refractivity contribution < 1.29 is 9.66 Å². The van der Waals surface area contributed by atoms with Crippen LogP contribution in [0.15, 0.2) is 46.5 Å². The van der Waals surface area contributed by atoms with E-state index < -0.39 is 4.92 Å². The van der Waals surface area contributed by atoms with Crippen molar-refractivity contribution in [3.63, 3.8) is 0 Å². The highest BCUT2D eigenvalue weighted by molar-refractivity contribution is 8.02. The van der Waals surface area contributed by atoms with E-state index in [2.05, 4.69) is 0 Å². The molecule has 4 nitrogen and oxygen atoms in total. The third-order valence-electron chi connectivity index (χ3n) is 1.50. The predicted octanol–water partition coefficient (Wildman–Crippen LogP) is 2.89. The molecule has 0 N–H and O–H groups in total. The lowest BCUT2D eigenvalue weighted by atomic mass is 10.4. The number of thioether (sulfide) groups is 1. The van der Waals surface area contributed by atoms with Crippen LogP contribution in [0.4, 0.5) is 0 Å². The van der Waals surface area contributed by atoms with E-state index in [0.29, 0.717) is 6.61 Å². The third kappa shape index (κ3) is 4.03. The molecule has 0 amide bonds. The number of hydrogen-bond donors (Lipinski definition) is 0. The van der Waals surface area contributed by atoms with Crippen LogP contribution >= 0.6 is 11.8 Å². The van der Waals surface area contributed by atoms with Gasteiger partial charge < -0.3 is 4.74 Å². The van der Waals surface area contributed by atoms with Crippen LogP contribution in [0, 0.1) is 10.1 Å². The van der Waals surface area contributed by atoms with Gasteiger partial charge in [0.1, 0.15) is 0 Å². The summed E-state index contributed by atoms with van der Waals surface area (Å²) in [5.41, 5.74) is 0. The molecule has 1 rings (SSSR count). The second kappa shape index (κ2) is 6.08. The van der Waals surface area contributed by atoms with Gasteiger partial charge in [-0.15, -0.1) is 0 Å². The van der Waals surface area contributed by atoms with Gasteiger partial charge in [-0.25, -0.2) is 0 Å². The van der Waals surface area contributed by atoms with Gasteiger partial charge in [0.2, 0.25) is 0 Å². The van der Waals surface area contributed by atoms with Gasteiger partial charge in [0.25, 0.3) is 0 Å². The number of nitrogens with zero attached hydrogens (tertiary/aromatic N) is 1. The molecule has 80 valence electrons. The van der Waals surface area contributed by atoms with E-state index in [0.717, 1.165) is 16.7 Å². The average Bonchev–Trinajstić information content (AvgIpc) is 2.25. The molecule has 5 heteroatoms. The molecule has 15 heavy (non-hydrogen) atoms. The largest absolute Gasteiger partial charge is 0.494 e. The monoisotopic (exact) mass is 225 g/mol. The van der Waals surface area contributed by atoms with E-state index >= 15 is 0 Å². The number of hydrogen-bond acceptors (Lipinski definition) is 4. The van der Waals surface area contributed by atoms with Gasteiger partial charge in [0, 0.05) is 4.90 Å². The molecule has 0 fully saturated rings. The summed E-state index contributed by atoms with van der Waals surface area (Å²) in [6.07, 6.45) is 1.18. The lowest BCUT2D eigenvalue weighted by Crippen LogP contribution is -1.96. The van der Waals surface area contributed by atoms with Crippen molar-refractivity contribution >= 4 is 11.8 Å². The van der Waals surface area contributed by atoms with Gasteiger partial charge in [0.05, 0.1) is 11.5 Å². The molecular formula is C10H11NO3S. The van der Waals surface area contributed by atoms with E-state index in [1.54, 1.807) is 6.92 Å². The van der Waals surface area contributed by atoms with Crippen molar-refractivity contribution in [1.82, 2.24) is 0 Å². The highest BCUT2D eigenvalue weighted by atomic mass is 32.2. The summed E-state index contributed by atoms with van der Waals surface area (Å²) >= 11 is 1.07. The molecular weight excluding hydrogens is 214 g/mol. The molecule has 0 atom stereocenters. The van der Waals surface area contributed by atoms with Gasteiger partial charge in [0.15, 0.2) is 6.26 Å². The van der Waals surface area contributed by atoms with Crippen LogP contribution in [-0.2, 0) is 4.74 Å². The fraction of sp³-hybridized carbons (Fsp3) is 0.200. The molecule has 0 unspecified atom stereocenters. The minimum Gasteiger partial charge on any atom is -0.494 e. The van der Waals surface area contributed by atoms with Crippen LogP contribution < -0.4 is 0 Å².